The second-order valence-corrected chi connectivity index (χ2v) is 24.1. The monoisotopic (exact) mass is 1000 g/mol. The van der Waals surface area contributed by atoms with Crippen molar-refractivity contribution in [3.8, 4) is 0 Å². The first-order valence-electron chi connectivity index (χ1n) is 25.4. The number of Topliss-reactive ketones (excluding diaryl/α,β-unsaturated/α-hetero) is 1. The molecule has 0 aromatic carbocycles. The van der Waals surface area contributed by atoms with Crippen LogP contribution in [-0.4, -0.2) is 216 Å². The molecule has 0 aromatic rings. The molecule has 70 heavy (non-hydrogen) atoms. The number of aliphatic hydroxyl groups excluding tert-OH is 11. The fourth-order valence-corrected chi connectivity index (χ4v) is 16.6. The summed E-state index contributed by atoms with van der Waals surface area (Å²) < 4.78 is 48.9. The Bertz CT molecular complexity index is 1910. The van der Waals surface area contributed by atoms with Crippen molar-refractivity contribution >= 4 is 5.78 Å². The molecule has 402 valence electrons. The smallest absolute Gasteiger partial charge is 0.187 e. The standard InChI is InChI=1S/C49H80O21/c1-21-22(14-28(53)46(6,62)20-64-40-36(60)33(57)30(54)23(15-50)65-40)70-49(63-7)18-45(5)27-9-8-26-43(2,3)29(10-11-47(26)19-48(27,47)13-12-44(45,4)39(21)49)68-42-38(35(59)32(56)25(17-52)67-42)69-41-37(61)34(58)31(55)24(16-51)66-41/h21-27,29-42,50-52,54-62H,8-20H2,1-7H3/t21-,22+,23-,24-,25-,26+,27+,29+,30-,31-,32-,33+,34+,35+,36-,37-,38-,39-,40-,41+,42+,44-,45+,46+,47-,48+,49+/m1/s1. The summed E-state index contributed by atoms with van der Waals surface area (Å²) in [5, 5.41) is 126. The van der Waals surface area contributed by atoms with Gasteiger partial charge in [0.25, 0.3) is 0 Å². The lowest BCUT2D eigenvalue weighted by Gasteiger charge is -2.63. The Morgan fingerprint density at radius 1 is 0.629 bits per heavy atom. The zero-order valence-corrected chi connectivity index (χ0v) is 41.4. The van der Waals surface area contributed by atoms with Gasteiger partial charge in [-0.05, 0) is 96.7 Å². The van der Waals surface area contributed by atoms with Gasteiger partial charge in [0.05, 0.1) is 38.6 Å². The van der Waals surface area contributed by atoms with Gasteiger partial charge in [-0.3, -0.25) is 4.79 Å². The van der Waals surface area contributed by atoms with E-state index in [-0.39, 0.29) is 45.8 Å². The van der Waals surface area contributed by atoms with Crippen molar-refractivity contribution in [3.05, 3.63) is 0 Å². The Morgan fingerprint density at radius 2 is 1.17 bits per heavy atom. The van der Waals surface area contributed by atoms with Crippen molar-refractivity contribution in [1.82, 2.24) is 0 Å². The summed E-state index contributed by atoms with van der Waals surface area (Å²) in [7, 11) is 1.67. The number of ether oxygens (including phenoxy) is 8. The van der Waals surface area contributed by atoms with E-state index in [1.54, 1.807) is 7.11 Å². The van der Waals surface area contributed by atoms with E-state index in [4.69, 9.17) is 37.9 Å². The molecule has 9 rings (SSSR count). The van der Waals surface area contributed by atoms with Crippen LogP contribution in [-0.2, 0) is 42.7 Å². The lowest BCUT2D eigenvalue weighted by molar-refractivity contribution is -0.377. The van der Waals surface area contributed by atoms with Gasteiger partial charge in [0, 0.05) is 25.9 Å². The molecule has 0 amide bonds. The molecule has 0 radical (unpaired) electrons. The normalized spacial score (nSPS) is 55.6. The topological polar surface area (TPSA) is 334 Å². The summed E-state index contributed by atoms with van der Waals surface area (Å²) in [5.41, 5.74) is -2.83. The zero-order chi connectivity index (χ0) is 51.1. The fourth-order valence-electron chi connectivity index (χ4n) is 16.6. The molecule has 9 aliphatic rings. The van der Waals surface area contributed by atoms with E-state index in [0.29, 0.717) is 18.8 Å². The van der Waals surface area contributed by atoms with Gasteiger partial charge in [0.15, 0.2) is 30.4 Å². The molecular formula is C49H80O21. The fraction of sp³-hybridized carbons (Fsp3) is 0.980. The molecule has 9 fully saturated rings. The van der Waals surface area contributed by atoms with Gasteiger partial charge in [0.2, 0.25) is 0 Å². The van der Waals surface area contributed by atoms with E-state index in [9.17, 15) is 66.1 Å². The molecule has 0 bridgehead atoms. The second kappa shape index (κ2) is 18.6. The van der Waals surface area contributed by atoms with Gasteiger partial charge >= 0.3 is 0 Å². The Balaban J connectivity index is 0.884. The zero-order valence-electron chi connectivity index (χ0n) is 41.4. The Morgan fingerprint density at radius 3 is 1.77 bits per heavy atom. The minimum absolute atomic E-state index is 0.0230. The summed E-state index contributed by atoms with van der Waals surface area (Å²) in [4.78, 5) is 13.9. The molecule has 21 heteroatoms. The molecule has 0 unspecified atom stereocenters. The van der Waals surface area contributed by atoms with Crippen LogP contribution < -0.4 is 0 Å². The summed E-state index contributed by atoms with van der Waals surface area (Å²) >= 11 is 0. The molecule has 0 aromatic heterocycles. The molecule has 5 saturated carbocycles. The Labute approximate surface area is 408 Å². The number of fused-ring (bicyclic) bond motifs is 4. The lowest BCUT2D eigenvalue weighted by atomic mass is 9.41. The van der Waals surface area contributed by atoms with E-state index in [0.717, 1.165) is 38.5 Å². The maximum atomic E-state index is 13.9. The maximum Gasteiger partial charge on any atom is 0.187 e. The highest BCUT2D eigenvalue weighted by atomic mass is 16.8. The van der Waals surface area contributed by atoms with E-state index in [2.05, 4.69) is 34.6 Å². The molecule has 27 atom stereocenters. The minimum atomic E-state index is -2.04. The SMILES string of the molecule is CO[C@]12C[C@@]3(C)[C@@H]4CC[C@H]5C(C)(C)[C@@H](O[C@@H]6O[C@H](CO)[C@@H](O)[C@H](O)[C@H]6O[C@@H]6O[C@H](CO)[C@@H](O)[C@H](O)[C@H]6O)CC[C@@]56C[C@@]46CC[C@]3(C)[C@H]1[C@H](C)[C@H](CC(=O)[C@@](C)(O)CO[C@@H]1O[C@H](CO)[C@@H](O)[C@H](O)[C@H]1O)O2. The first-order chi connectivity index (χ1) is 32.8. The number of carbonyl (C=O) groups is 1. The number of rotatable bonds is 14. The van der Waals surface area contributed by atoms with Gasteiger partial charge < -0.3 is 99.2 Å². The van der Waals surface area contributed by atoms with E-state index in [1.807, 2.05) is 0 Å². The van der Waals surface area contributed by atoms with E-state index < -0.39 is 153 Å². The van der Waals surface area contributed by atoms with Crippen molar-refractivity contribution in [1.29, 1.82) is 0 Å². The van der Waals surface area contributed by atoms with Gasteiger partial charge in [-0.25, -0.2) is 0 Å². The summed E-state index contributed by atoms with van der Waals surface area (Å²) in [6, 6.07) is 0. The highest BCUT2D eigenvalue weighted by Crippen LogP contribution is 2.90. The van der Waals surface area contributed by atoms with Crippen molar-refractivity contribution in [3.63, 3.8) is 0 Å². The predicted octanol–water partition coefficient (Wildman–Crippen LogP) is -2.05. The third-order valence-corrected chi connectivity index (χ3v) is 20.5. The van der Waals surface area contributed by atoms with E-state index >= 15 is 0 Å². The highest BCUT2D eigenvalue weighted by molar-refractivity contribution is 5.87. The van der Waals surface area contributed by atoms with Crippen LogP contribution in [0.25, 0.3) is 0 Å². The van der Waals surface area contributed by atoms with Crippen LogP contribution in [0.5, 0.6) is 0 Å². The summed E-state index contributed by atoms with van der Waals surface area (Å²) in [6.07, 6.45) is -17.2. The van der Waals surface area contributed by atoms with Crippen LogP contribution in [0.4, 0.5) is 0 Å². The maximum absolute atomic E-state index is 13.9. The average molecular weight is 1010 g/mol. The van der Waals surface area contributed by atoms with Crippen LogP contribution >= 0.6 is 0 Å². The Hall–Kier alpha value is -1.13. The first-order valence-corrected chi connectivity index (χ1v) is 25.4. The molecule has 21 nitrogen and oxygen atoms in total. The van der Waals surface area contributed by atoms with Crippen LogP contribution in [0.1, 0.15) is 99.3 Å². The van der Waals surface area contributed by atoms with Crippen LogP contribution in [0.2, 0.25) is 0 Å². The van der Waals surface area contributed by atoms with Crippen LogP contribution in [0, 0.1) is 50.7 Å². The molecule has 4 heterocycles. The van der Waals surface area contributed by atoms with Crippen molar-refractivity contribution < 1.29 is 104 Å². The Kier molecular flexibility index (Phi) is 14.2. The third kappa shape index (κ3) is 7.80. The van der Waals surface area contributed by atoms with Crippen molar-refractivity contribution in [2.75, 3.05) is 33.5 Å². The lowest BCUT2D eigenvalue weighted by Crippen LogP contribution is -2.65. The third-order valence-electron chi connectivity index (χ3n) is 20.5. The van der Waals surface area contributed by atoms with E-state index in [1.165, 1.54) is 6.92 Å². The van der Waals surface area contributed by atoms with Crippen molar-refractivity contribution in [2.24, 2.45) is 50.7 Å². The highest BCUT2D eigenvalue weighted by Gasteiger charge is 2.85. The molecular weight excluding hydrogens is 925 g/mol. The molecule has 5 aliphatic carbocycles. The molecule has 4 saturated heterocycles. The molecule has 4 aliphatic heterocycles. The summed E-state index contributed by atoms with van der Waals surface area (Å²) in [5.74, 6) is -1.16. The summed E-state index contributed by atoms with van der Waals surface area (Å²) in [6.45, 7) is 10.0. The molecule has 2 spiro atoms. The average Bonchev–Trinajstić information content (AvgIpc) is 3.84. The molecule has 12 N–H and O–H groups in total. The van der Waals surface area contributed by atoms with Crippen molar-refractivity contribution in [2.45, 2.75) is 215 Å². The van der Waals surface area contributed by atoms with Gasteiger partial charge in [-0.2, -0.15) is 0 Å². The number of hydrogen-bond acceptors (Lipinski definition) is 21. The van der Waals surface area contributed by atoms with Gasteiger partial charge in [-0.1, -0.05) is 34.6 Å². The quantitative estimate of drug-likeness (QED) is 0.0834. The minimum Gasteiger partial charge on any atom is -0.394 e. The largest absolute Gasteiger partial charge is 0.394 e. The number of ketones is 1. The number of aliphatic hydroxyl groups is 12. The number of methoxy groups -OCH3 is 1. The van der Waals surface area contributed by atoms with Gasteiger partial charge in [0.1, 0.15) is 78.8 Å². The first kappa shape index (κ1) is 53.7. The van der Waals surface area contributed by atoms with Crippen LogP contribution in [0.15, 0.2) is 0 Å². The number of carbonyl (C=O) groups excluding carboxylic acids is 1. The number of hydrogen-bond donors (Lipinski definition) is 12. The second-order valence-electron chi connectivity index (χ2n) is 24.1. The van der Waals surface area contributed by atoms with Gasteiger partial charge in [-0.15, -0.1) is 0 Å². The van der Waals surface area contributed by atoms with Crippen LogP contribution in [0.3, 0.4) is 0 Å². The predicted molar refractivity (Wildman–Crippen MR) is 237 cm³/mol.